The Labute approximate surface area is 235 Å². The van der Waals surface area contributed by atoms with Gasteiger partial charge in [-0.3, -0.25) is 19.2 Å². The van der Waals surface area contributed by atoms with Crippen LogP contribution in [0.5, 0.6) is 0 Å². The average Bonchev–Trinajstić information content (AvgIpc) is 3.11. The molecule has 4 rings (SSSR count). The van der Waals surface area contributed by atoms with Gasteiger partial charge >= 0.3 is 0 Å². The fraction of sp³-hybridized carbons (Fsp3) is 0. The van der Waals surface area contributed by atoms with Crippen molar-refractivity contribution in [3.63, 3.8) is 0 Å². The van der Waals surface area contributed by atoms with Crippen molar-refractivity contribution in [2.75, 3.05) is 0 Å². The van der Waals surface area contributed by atoms with Crippen molar-refractivity contribution >= 4 is 151 Å². The van der Waals surface area contributed by atoms with E-state index in [1.54, 1.807) is 0 Å². The van der Waals surface area contributed by atoms with Gasteiger partial charge in [0, 0.05) is 35.8 Å². The molecule has 2 aliphatic heterocycles. The summed E-state index contributed by atoms with van der Waals surface area (Å²) in [5.74, 6) is -3.24. The van der Waals surface area contributed by atoms with Gasteiger partial charge in [-0.15, -0.1) is 0 Å². The summed E-state index contributed by atoms with van der Waals surface area (Å²) in [6, 6.07) is 0. The first-order valence-corrected chi connectivity index (χ1v) is 13.8. The summed E-state index contributed by atoms with van der Waals surface area (Å²) in [6.07, 6.45) is 0. The van der Waals surface area contributed by atoms with E-state index in [9.17, 15) is 19.2 Å². The maximum atomic E-state index is 13.2. The minimum absolute atomic E-state index is 0.0269. The summed E-state index contributed by atoms with van der Waals surface area (Å²) in [4.78, 5) is 52.8. The topological polar surface area (TPSA) is 74.8 Å². The van der Waals surface area contributed by atoms with Crippen molar-refractivity contribution in [1.29, 1.82) is 0 Å². The predicted molar refractivity (Wildman–Crippen MR) is 135 cm³/mol. The highest BCUT2D eigenvalue weighted by Crippen LogP contribution is 2.48. The standard InChI is InChI=1S/C16Br8N2O4/c17-5-1-2(6(18)10(22)9(5)21)14(28)25(13(1)27)26-15(29)3-4(16(26)30)8(20)12(24)11(23)7(3)19. The average molecular weight is 923 g/mol. The van der Waals surface area contributed by atoms with Crippen molar-refractivity contribution in [1.82, 2.24) is 10.0 Å². The van der Waals surface area contributed by atoms with Gasteiger partial charge in [0.25, 0.3) is 23.6 Å². The van der Waals surface area contributed by atoms with Gasteiger partial charge in [0.15, 0.2) is 0 Å². The van der Waals surface area contributed by atoms with Crippen LogP contribution in [0.3, 0.4) is 0 Å². The Morgan fingerprint density at radius 1 is 0.333 bits per heavy atom. The lowest BCUT2D eigenvalue weighted by molar-refractivity contribution is 0.00837. The third kappa shape index (κ3) is 3.03. The molecule has 0 atom stereocenters. The highest BCUT2D eigenvalue weighted by Gasteiger charge is 2.52. The van der Waals surface area contributed by atoms with E-state index in [2.05, 4.69) is 127 Å². The summed E-state index contributed by atoms with van der Waals surface area (Å²) >= 11 is 26.6. The van der Waals surface area contributed by atoms with Gasteiger partial charge in [0.1, 0.15) is 0 Å². The third-order valence-electron chi connectivity index (χ3n) is 4.36. The third-order valence-corrected chi connectivity index (χ3v) is 13.9. The monoisotopic (exact) mass is 915 g/mol. The normalized spacial score (nSPS) is 15.5. The van der Waals surface area contributed by atoms with Crippen LogP contribution in [-0.4, -0.2) is 33.6 Å². The van der Waals surface area contributed by atoms with E-state index in [1.165, 1.54) is 0 Å². The van der Waals surface area contributed by atoms with Gasteiger partial charge in [0.2, 0.25) is 0 Å². The molecule has 0 spiro atoms. The maximum absolute atomic E-state index is 13.2. The lowest BCUT2D eigenvalue weighted by Crippen LogP contribution is -2.49. The number of hydrazine groups is 1. The number of benzene rings is 2. The number of imide groups is 2. The zero-order valence-electron chi connectivity index (χ0n) is 13.6. The van der Waals surface area contributed by atoms with E-state index in [-0.39, 0.29) is 22.3 Å². The number of fused-ring (bicyclic) bond motifs is 2. The van der Waals surface area contributed by atoms with E-state index < -0.39 is 23.6 Å². The Hall–Kier alpha value is 0.560. The molecule has 0 unspecified atom stereocenters. The molecule has 0 bridgehead atoms. The van der Waals surface area contributed by atoms with Gasteiger partial charge in [-0.05, 0) is 127 Å². The molecule has 2 aliphatic rings. The van der Waals surface area contributed by atoms with Crippen LogP contribution in [0.15, 0.2) is 35.8 Å². The number of carbonyl (C=O) groups is 4. The predicted octanol–water partition coefficient (Wildman–Crippen LogP) is 7.59. The van der Waals surface area contributed by atoms with Gasteiger partial charge in [-0.2, -0.15) is 10.0 Å². The highest BCUT2D eigenvalue weighted by molar-refractivity contribution is 9.15. The molecule has 6 nitrogen and oxygen atoms in total. The fourth-order valence-corrected chi connectivity index (χ4v) is 7.95. The molecule has 0 fully saturated rings. The van der Waals surface area contributed by atoms with Crippen molar-refractivity contribution in [2.24, 2.45) is 0 Å². The largest absolute Gasteiger partial charge is 0.282 e. The zero-order valence-corrected chi connectivity index (χ0v) is 26.2. The number of carbonyl (C=O) groups excluding carboxylic acids is 4. The first kappa shape index (κ1) is 23.7. The van der Waals surface area contributed by atoms with Crippen LogP contribution in [0.2, 0.25) is 0 Å². The molecule has 30 heavy (non-hydrogen) atoms. The first-order chi connectivity index (χ1) is 13.9. The highest BCUT2D eigenvalue weighted by atomic mass is 79.9. The number of amides is 4. The molecular weight excluding hydrogens is 923 g/mol. The number of hydrogen-bond donors (Lipinski definition) is 0. The van der Waals surface area contributed by atoms with Crippen molar-refractivity contribution in [2.45, 2.75) is 0 Å². The van der Waals surface area contributed by atoms with Crippen LogP contribution >= 0.6 is 127 Å². The van der Waals surface area contributed by atoms with Crippen LogP contribution in [-0.2, 0) is 0 Å². The van der Waals surface area contributed by atoms with Crippen LogP contribution in [0.25, 0.3) is 0 Å². The maximum Gasteiger partial charge on any atom is 0.282 e. The SMILES string of the molecule is O=C1c2c(Br)c(Br)c(Br)c(Br)c2C(=O)N1N1C(=O)c2c(Br)c(Br)c(Br)c(Br)c2C1=O. The van der Waals surface area contributed by atoms with Crippen molar-refractivity contribution in [3.05, 3.63) is 58.0 Å². The Morgan fingerprint density at radius 2 is 0.500 bits per heavy atom. The molecule has 2 aromatic carbocycles. The van der Waals surface area contributed by atoms with Crippen molar-refractivity contribution < 1.29 is 19.2 Å². The Kier molecular flexibility index (Phi) is 6.40. The van der Waals surface area contributed by atoms with Gasteiger partial charge < -0.3 is 0 Å². The molecule has 4 amide bonds. The van der Waals surface area contributed by atoms with E-state index in [1.807, 2.05) is 0 Å². The molecule has 0 radical (unpaired) electrons. The Morgan fingerprint density at radius 3 is 0.667 bits per heavy atom. The molecule has 2 heterocycles. The lowest BCUT2D eigenvalue weighted by atomic mass is 10.1. The van der Waals surface area contributed by atoms with E-state index >= 15 is 0 Å². The zero-order chi connectivity index (χ0) is 22.4. The summed E-state index contributed by atoms with van der Waals surface area (Å²) in [5, 5.41) is 1.12. The Balaban J connectivity index is 1.93. The van der Waals surface area contributed by atoms with Gasteiger partial charge in [0.05, 0.1) is 22.3 Å². The minimum Gasteiger partial charge on any atom is -0.267 e. The summed E-state index contributed by atoms with van der Waals surface area (Å²) < 4.78 is 3.26. The van der Waals surface area contributed by atoms with Crippen LogP contribution in [0, 0.1) is 0 Å². The fourth-order valence-electron chi connectivity index (χ4n) is 3.04. The second kappa shape index (κ2) is 8.10. The molecule has 2 aromatic rings. The summed E-state index contributed by atoms with van der Waals surface area (Å²) in [7, 11) is 0. The summed E-state index contributed by atoms with van der Waals surface area (Å²) in [5.41, 5.74) is 0.107. The summed E-state index contributed by atoms with van der Waals surface area (Å²) in [6.45, 7) is 0. The first-order valence-electron chi connectivity index (χ1n) is 7.42. The van der Waals surface area contributed by atoms with E-state index in [0.717, 1.165) is 0 Å². The number of hydrogen-bond acceptors (Lipinski definition) is 4. The molecule has 0 N–H and O–H groups in total. The Bertz CT molecular complexity index is 1080. The second-order valence-electron chi connectivity index (χ2n) is 5.86. The van der Waals surface area contributed by atoms with Gasteiger partial charge in [-0.25, -0.2) is 0 Å². The lowest BCUT2D eigenvalue weighted by Gasteiger charge is -2.23. The number of nitrogens with zero attached hydrogens (tertiary/aromatic N) is 2. The molecule has 14 heteroatoms. The van der Waals surface area contributed by atoms with Crippen LogP contribution < -0.4 is 0 Å². The molecule has 154 valence electrons. The van der Waals surface area contributed by atoms with E-state index in [4.69, 9.17) is 0 Å². The van der Waals surface area contributed by atoms with Crippen LogP contribution in [0.1, 0.15) is 41.4 Å². The molecule has 0 aliphatic carbocycles. The molecular formula is C16Br8N2O4. The quantitative estimate of drug-likeness (QED) is 0.168. The smallest absolute Gasteiger partial charge is 0.267 e. The van der Waals surface area contributed by atoms with Gasteiger partial charge in [-0.1, -0.05) is 0 Å². The number of rotatable bonds is 1. The van der Waals surface area contributed by atoms with Crippen LogP contribution in [0.4, 0.5) is 0 Å². The molecule has 0 saturated heterocycles. The molecule has 0 aromatic heterocycles. The van der Waals surface area contributed by atoms with Crippen molar-refractivity contribution in [3.8, 4) is 0 Å². The van der Waals surface area contributed by atoms with E-state index in [0.29, 0.717) is 45.8 Å². The number of halogens is 8. The minimum atomic E-state index is -0.810. The second-order valence-corrected chi connectivity index (χ2v) is 12.2. The molecule has 0 saturated carbocycles.